The molecule has 0 unspecified atom stereocenters. The van der Waals surface area contributed by atoms with Gasteiger partial charge in [-0.05, 0) is 30.2 Å². The SMILES string of the molecule is CCc1ccc(OCc2ccccc2N)c(OC)c1. The van der Waals surface area contributed by atoms with Crippen molar-refractivity contribution in [2.75, 3.05) is 12.8 Å². The number of benzene rings is 2. The van der Waals surface area contributed by atoms with Crippen molar-refractivity contribution >= 4 is 5.69 Å². The molecule has 3 nitrogen and oxygen atoms in total. The van der Waals surface area contributed by atoms with Gasteiger partial charge in [0.25, 0.3) is 0 Å². The first-order valence-electron chi connectivity index (χ1n) is 6.37. The molecule has 2 N–H and O–H groups in total. The largest absolute Gasteiger partial charge is 0.493 e. The highest BCUT2D eigenvalue weighted by atomic mass is 16.5. The van der Waals surface area contributed by atoms with E-state index in [2.05, 4.69) is 6.92 Å². The van der Waals surface area contributed by atoms with E-state index in [1.165, 1.54) is 5.56 Å². The average Bonchev–Trinajstić information content (AvgIpc) is 2.46. The van der Waals surface area contributed by atoms with Crippen molar-refractivity contribution < 1.29 is 9.47 Å². The normalized spacial score (nSPS) is 10.2. The van der Waals surface area contributed by atoms with Gasteiger partial charge in [-0.2, -0.15) is 0 Å². The van der Waals surface area contributed by atoms with Crippen LogP contribution in [-0.4, -0.2) is 7.11 Å². The lowest BCUT2D eigenvalue weighted by Crippen LogP contribution is -2.01. The molecule has 0 radical (unpaired) electrons. The molecule has 100 valence electrons. The molecule has 19 heavy (non-hydrogen) atoms. The maximum atomic E-state index is 5.89. The molecule has 0 bridgehead atoms. The molecule has 0 aliphatic rings. The van der Waals surface area contributed by atoms with E-state index in [0.717, 1.165) is 29.2 Å². The number of hydrogen-bond acceptors (Lipinski definition) is 3. The lowest BCUT2D eigenvalue weighted by molar-refractivity contribution is 0.285. The molecule has 0 saturated heterocycles. The fourth-order valence-corrected chi connectivity index (χ4v) is 1.87. The Hall–Kier alpha value is -2.16. The molecule has 3 heteroatoms. The molecule has 0 saturated carbocycles. The standard InChI is InChI=1S/C16H19NO2/c1-3-12-8-9-15(16(10-12)18-2)19-11-13-6-4-5-7-14(13)17/h4-10H,3,11,17H2,1-2H3. The van der Waals surface area contributed by atoms with Crippen molar-refractivity contribution in [1.82, 2.24) is 0 Å². The van der Waals surface area contributed by atoms with Gasteiger partial charge in [-0.25, -0.2) is 0 Å². The number of nitrogens with two attached hydrogens (primary N) is 1. The summed E-state index contributed by atoms with van der Waals surface area (Å²) in [5.41, 5.74) is 8.83. The Morgan fingerprint density at radius 2 is 1.84 bits per heavy atom. The fraction of sp³-hybridized carbons (Fsp3) is 0.250. The number of methoxy groups -OCH3 is 1. The molecule has 0 atom stereocenters. The monoisotopic (exact) mass is 257 g/mol. The third-order valence-electron chi connectivity index (χ3n) is 3.07. The van der Waals surface area contributed by atoms with Gasteiger partial charge in [-0.1, -0.05) is 31.2 Å². The first-order chi connectivity index (χ1) is 9.24. The maximum absolute atomic E-state index is 5.89. The minimum absolute atomic E-state index is 0.439. The van der Waals surface area contributed by atoms with Gasteiger partial charge >= 0.3 is 0 Å². The van der Waals surface area contributed by atoms with Crippen LogP contribution in [0.5, 0.6) is 11.5 Å². The third-order valence-corrected chi connectivity index (χ3v) is 3.07. The first-order valence-corrected chi connectivity index (χ1v) is 6.37. The van der Waals surface area contributed by atoms with Crippen LogP contribution in [0.2, 0.25) is 0 Å². The molecular weight excluding hydrogens is 238 g/mol. The van der Waals surface area contributed by atoms with Crippen molar-refractivity contribution in [3.8, 4) is 11.5 Å². The molecule has 0 spiro atoms. The number of aryl methyl sites for hydroxylation is 1. The Kier molecular flexibility index (Phi) is 4.29. The van der Waals surface area contributed by atoms with E-state index in [-0.39, 0.29) is 0 Å². The number of para-hydroxylation sites is 1. The van der Waals surface area contributed by atoms with Crippen molar-refractivity contribution in [2.45, 2.75) is 20.0 Å². The zero-order valence-electron chi connectivity index (χ0n) is 11.3. The first kappa shape index (κ1) is 13.3. The molecule has 2 rings (SSSR count). The van der Waals surface area contributed by atoms with Gasteiger partial charge in [0.1, 0.15) is 6.61 Å². The van der Waals surface area contributed by atoms with E-state index < -0.39 is 0 Å². The van der Waals surface area contributed by atoms with Crippen molar-refractivity contribution in [3.63, 3.8) is 0 Å². The molecule has 0 aliphatic carbocycles. The van der Waals surface area contributed by atoms with Crippen LogP contribution >= 0.6 is 0 Å². The number of ether oxygens (including phenoxy) is 2. The second-order valence-corrected chi connectivity index (χ2v) is 4.33. The molecule has 0 heterocycles. The average molecular weight is 257 g/mol. The maximum Gasteiger partial charge on any atom is 0.161 e. The predicted molar refractivity (Wildman–Crippen MR) is 77.6 cm³/mol. The second-order valence-electron chi connectivity index (χ2n) is 4.33. The van der Waals surface area contributed by atoms with Crippen LogP contribution in [-0.2, 0) is 13.0 Å². The summed E-state index contributed by atoms with van der Waals surface area (Å²) in [6.45, 7) is 2.55. The highest BCUT2D eigenvalue weighted by molar-refractivity contribution is 5.47. The van der Waals surface area contributed by atoms with Gasteiger partial charge in [-0.3, -0.25) is 0 Å². The number of rotatable bonds is 5. The fourth-order valence-electron chi connectivity index (χ4n) is 1.87. The molecule has 0 amide bonds. The van der Waals surface area contributed by atoms with Crippen LogP contribution in [0.3, 0.4) is 0 Å². The third kappa shape index (κ3) is 3.19. The van der Waals surface area contributed by atoms with Gasteiger partial charge in [0, 0.05) is 11.3 Å². The van der Waals surface area contributed by atoms with Crippen LogP contribution in [0.4, 0.5) is 5.69 Å². The lowest BCUT2D eigenvalue weighted by Gasteiger charge is -2.12. The van der Waals surface area contributed by atoms with E-state index >= 15 is 0 Å². The molecule has 0 aromatic heterocycles. The summed E-state index contributed by atoms with van der Waals surface area (Å²) in [6.07, 6.45) is 0.974. The van der Waals surface area contributed by atoms with Crippen molar-refractivity contribution in [3.05, 3.63) is 53.6 Å². The van der Waals surface area contributed by atoms with Crippen molar-refractivity contribution in [1.29, 1.82) is 0 Å². The number of nitrogen functional groups attached to an aromatic ring is 1. The molecule has 0 aliphatic heterocycles. The summed E-state index contributed by atoms with van der Waals surface area (Å²) in [7, 11) is 1.65. The number of anilines is 1. The predicted octanol–water partition coefficient (Wildman–Crippen LogP) is 3.42. The van der Waals surface area contributed by atoms with Crippen molar-refractivity contribution in [2.24, 2.45) is 0 Å². The van der Waals surface area contributed by atoms with Gasteiger partial charge in [0.2, 0.25) is 0 Å². The summed E-state index contributed by atoms with van der Waals surface area (Å²) < 4.78 is 11.1. The highest BCUT2D eigenvalue weighted by Crippen LogP contribution is 2.29. The molecular formula is C16H19NO2. The molecule has 0 fully saturated rings. The van der Waals surface area contributed by atoms with Crippen LogP contribution in [0.25, 0.3) is 0 Å². The Morgan fingerprint density at radius 1 is 1.05 bits per heavy atom. The van der Waals surface area contributed by atoms with E-state index in [0.29, 0.717) is 6.61 Å². The van der Waals surface area contributed by atoms with E-state index in [4.69, 9.17) is 15.2 Å². The molecule has 2 aromatic carbocycles. The Bertz CT molecular complexity index is 552. The van der Waals surface area contributed by atoms with Crippen LogP contribution < -0.4 is 15.2 Å². The zero-order chi connectivity index (χ0) is 13.7. The second kappa shape index (κ2) is 6.14. The van der Waals surface area contributed by atoms with Gasteiger partial charge in [-0.15, -0.1) is 0 Å². The molecule has 2 aromatic rings. The summed E-state index contributed by atoms with van der Waals surface area (Å²) in [6, 6.07) is 13.7. The van der Waals surface area contributed by atoms with E-state index in [1.54, 1.807) is 7.11 Å². The summed E-state index contributed by atoms with van der Waals surface area (Å²) in [4.78, 5) is 0. The minimum Gasteiger partial charge on any atom is -0.493 e. The highest BCUT2D eigenvalue weighted by Gasteiger charge is 2.06. The summed E-state index contributed by atoms with van der Waals surface area (Å²) in [5, 5.41) is 0. The van der Waals surface area contributed by atoms with E-state index in [9.17, 15) is 0 Å². The number of hydrogen-bond donors (Lipinski definition) is 1. The summed E-state index contributed by atoms with van der Waals surface area (Å²) in [5.74, 6) is 1.50. The quantitative estimate of drug-likeness (QED) is 0.835. The Morgan fingerprint density at radius 3 is 2.53 bits per heavy atom. The zero-order valence-corrected chi connectivity index (χ0v) is 11.3. The Labute approximate surface area is 114 Å². The topological polar surface area (TPSA) is 44.5 Å². The lowest BCUT2D eigenvalue weighted by atomic mass is 10.1. The van der Waals surface area contributed by atoms with Crippen LogP contribution in [0, 0.1) is 0 Å². The van der Waals surface area contributed by atoms with Gasteiger partial charge in [0.05, 0.1) is 7.11 Å². The smallest absolute Gasteiger partial charge is 0.161 e. The van der Waals surface area contributed by atoms with Gasteiger partial charge in [0.15, 0.2) is 11.5 Å². The van der Waals surface area contributed by atoms with E-state index in [1.807, 2.05) is 42.5 Å². The minimum atomic E-state index is 0.439. The summed E-state index contributed by atoms with van der Waals surface area (Å²) >= 11 is 0. The van der Waals surface area contributed by atoms with Gasteiger partial charge < -0.3 is 15.2 Å². The van der Waals surface area contributed by atoms with Crippen LogP contribution in [0.15, 0.2) is 42.5 Å². The van der Waals surface area contributed by atoms with Crippen LogP contribution in [0.1, 0.15) is 18.1 Å². The Balaban J connectivity index is 2.13.